The normalized spacial score (nSPS) is 10.1. The van der Waals surface area contributed by atoms with Gasteiger partial charge in [0.1, 0.15) is 0 Å². The predicted octanol–water partition coefficient (Wildman–Crippen LogP) is 2.05. The maximum atomic E-state index is 11.0. The molecule has 0 amide bonds. The Balaban J connectivity index is 2.38. The minimum Gasteiger partial charge on any atom is -0.291 e. The Bertz CT molecular complexity index is 520. The number of pyridine rings is 1. The van der Waals surface area contributed by atoms with Crippen molar-refractivity contribution in [3.05, 3.63) is 42.1 Å². The SMILES string of the molecule is CC(=O)c1ncc(-c2cccc(C)n2)cn1. The van der Waals surface area contributed by atoms with E-state index in [1.165, 1.54) is 6.92 Å². The van der Waals surface area contributed by atoms with Gasteiger partial charge in [-0.05, 0) is 19.1 Å². The van der Waals surface area contributed by atoms with Crippen molar-refractivity contribution >= 4 is 5.78 Å². The fourth-order valence-corrected chi connectivity index (χ4v) is 1.35. The summed E-state index contributed by atoms with van der Waals surface area (Å²) in [5.74, 6) is 0.0974. The van der Waals surface area contributed by atoms with E-state index in [4.69, 9.17) is 0 Å². The average molecular weight is 213 g/mol. The fourth-order valence-electron chi connectivity index (χ4n) is 1.35. The molecule has 0 unspecified atom stereocenters. The van der Waals surface area contributed by atoms with Gasteiger partial charge in [-0.3, -0.25) is 9.78 Å². The quantitative estimate of drug-likeness (QED) is 0.716. The number of hydrogen-bond donors (Lipinski definition) is 0. The highest BCUT2D eigenvalue weighted by Crippen LogP contribution is 2.14. The van der Waals surface area contributed by atoms with Crippen LogP contribution in [0.2, 0.25) is 0 Å². The van der Waals surface area contributed by atoms with Gasteiger partial charge >= 0.3 is 0 Å². The second-order valence-corrected chi connectivity index (χ2v) is 3.52. The van der Waals surface area contributed by atoms with Gasteiger partial charge in [-0.2, -0.15) is 0 Å². The van der Waals surface area contributed by atoms with Crippen LogP contribution in [0.25, 0.3) is 11.3 Å². The lowest BCUT2D eigenvalue weighted by Gasteiger charge is -2.01. The molecule has 2 rings (SSSR count). The fraction of sp³-hybridized carbons (Fsp3) is 0.167. The Hall–Kier alpha value is -2.10. The first-order valence-corrected chi connectivity index (χ1v) is 4.94. The van der Waals surface area contributed by atoms with Crippen LogP contribution in [0.1, 0.15) is 23.2 Å². The number of carbonyl (C=O) groups is 1. The van der Waals surface area contributed by atoms with Gasteiger partial charge in [0.05, 0.1) is 5.69 Å². The second-order valence-electron chi connectivity index (χ2n) is 3.52. The van der Waals surface area contributed by atoms with Crippen molar-refractivity contribution in [3.8, 4) is 11.3 Å². The van der Waals surface area contributed by atoms with E-state index in [1.54, 1.807) is 12.4 Å². The number of aromatic nitrogens is 3. The maximum Gasteiger partial charge on any atom is 0.196 e. The number of rotatable bonds is 2. The average Bonchev–Trinajstić information content (AvgIpc) is 2.29. The summed E-state index contributed by atoms with van der Waals surface area (Å²) in [5.41, 5.74) is 2.57. The Morgan fingerprint density at radius 2 is 1.88 bits per heavy atom. The zero-order chi connectivity index (χ0) is 11.5. The Morgan fingerprint density at radius 1 is 1.19 bits per heavy atom. The van der Waals surface area contributed by atoms with Crippen molar-refractivity contribution in [2.75, 3.05) is 0 Å². The monoisotopic (exact) mass is 213 g/mol. The minimum atomic E-state index is -0.135. The van der Waals surface area contributed by atoms with Gasteiger partial charge in [-0.15, -0.1) is 0 Å². The number of hydrogen-bond acceptors (Lipinski definition) is 4. The molecule has 0 saturated carbocycles. The summed E-state index contributed by atoms with van der Waals surface area (Å²) in [6.45, 7) is 3.37. The van der Waals surface area contributed by atoms with Crippen LogP contribution in [0.3, 0.4) is 0 Å². The van der Waals surface area contributed by atoms with E-state index in [-0.39, 0.29) is 11.6 Å². The smallest absolute Gasteiger partial charge is 0.196 e. The number of nitrogens with zero attached hydrogens (tertiary/aromatic N) is 3. The van der Waals surface area contributed by atoms with Crippen LogP contribution in [-0.4, -0.2) is 20.7 Å². The molecule has 0 aromatic carbocycles. The molecule has 2 heterocycles. The van der Waals surface area contributed by atoms with Crippen LogP contribution in [0.15, 0.2) is 30.6 Å². The molecule has 0 atom stereocenters. The Kier molecular flexibility index (Phi) is 2.72. The van der Waals surface area contributed by atoms with E-state index >= 15 is 0 Å². The molecule has 0 spiro atoms. The molecule has 16 heavy (non-hydrogen) atoms. The van der Waals surface area contributed by atoms with Crippen LogP contribution in [0.5, 0.6) is 0 Å². The van der Waals surface area contributed by atoms with E-state index in [2.05, 4.69) is 15.0 Å². The van der Waals surface area contributed by atoms with E-state index in [0.717, 1.165) is 17.0 Å². The van der Waals surface area contributed by atoms with E-state index in [0.29, 0.717) is 0 Å². The molecule has 0 fully saturated rings. The highest BCUT2D eigenvalue weighted by atomic mass is 16.1. The van der Waals surface area contributed by atoms with Gasteiger partial charge in [-0.1, -0.05) is 6.07 Å². The summed E-state index contributed by atoms with van der Waals surface area (Å²) < 4.78 is 0. The van der Waals surface area contributed by atoms with E-state index in [1.807, 2.05) is 25.1 Å². The summed E-state index contributed by atoms with van der Waals surface area (Å²) in [7, 11) is 0. The lowest BCUT2D eigenvalue weighted by Crippen LogP contribution is -2.00. The van der Waals surface area contributed by atoms with Gasteiger partial charge in [0, 0.05) is 30.6 Å². The molecule has 0 radical (unpaired) electrons. The first kappa shape index (κ1) is 10.4. The molecule has 0 bridgehead atoms. The van der Waals surface area contributed by atoms with Crippen molar-refractivity contribution in [1.29, 1.82) is 0 Å². The molecular weight excluding hydrogens is 202 g/mol. The summed E-state index contributed by atoms with van der Waals surface area (Å²) in [4.78, 5) is 23.3. The molecule has 0 aliphatic carbocycles. The third-order valence-corrected chi connectivity index (χ3v) is 2.15. The van der Waals surface area contributed by atoms with Crippen LogP contribution in [0.4, 0.5) is 0 Å². The standard InChI is InChI=1S/C12H11N3O/c1-8-4-3-5-11(15-8)10-6-13-12(9(2)16)14-7-10/h3-7H,1-2H3. The molecule has 80 valence electrons. The number of aryl methyl sites for hydroxylation is 1. The molecule has 4 heteroatoms. The maximum absolute atomic E-state index is 11.0. The third kappa shape index (κ3) is 2.11. The van der Waals surface area contributed by atoms with Crippen LogP contribution >= 0.6 is 0 Å². The van der Waals surface area contributed by atoms with Crippen molar-refractivity contribution in [2.45, 2.75) is 13.8 Å². The van der Waals surface area contributed by atoms with Crippen LogP contribution < -0.4 is 0 Å². The van der Waals surface area contributed by atoms with Crippen molar-refractivity contribution in [1.82, 2.24) is 15.0 Å². The lowest BCUT2D eigenvalue weighted by molar-refractivity contribution is 0.100. The largest absolute Gasteiger partial charge is 0.291 e. The summed E-state index contributed by atoms with van der Waals surface area (Å²) >= 11 is 0. The molecule has 4 nitrogen and oxygen atoms in total. The Morgan fingerprint density at radius 3 is 2.44 bits per heavy atom. The number of Topliss-reactive ketones (excluding diaryl/α,β-unsaturated/α-hetero) is 1. The van der Waals surface area contributed by atoms with Gasteiger partial charge in [-0.25, -0.2) is 9.97 Å². The third-order valence-electron chi connectivity index (χ3n) is 2.15. The topological polar surface area (TPSA) is 55.7 Å². The van der Waals surface area contributed by atoms with Gasteiger partial charge in [0.15, 0.2) is 11.6 Å². The molecule has 2 aromatic rings. The zero-order valence-corrected chi connectivity index (χ0v) is 9.14. The molecule has 0 N–H and O–H groups in total. The molecule has 0 saturated heterocycles. The second kappa shape index (κ2) is 4.18. The highest BCUT2D eigenvalue weighted by Gasteiger charge is 2.04. The summed E-state index contributed by atoms with van der Waals surface area (Å²) in [6.07, 6.45) is 3.23. The minimum absolute atomic E-state index is 0.135. The summed E-state index contributed by atoms with van der Waals surface area (Å²) in [5, 5.41) is 0. The predicted molar refractivity (Wildman–Crippen MR) is 60.0 cm³/mol. The van der Waals surface area contributed by atoms with Crippen LogP contribution in [-0.2, 0) is 0 Å². The van der Waals surface area contributed by atoms with Gasteiger partial charge in [0.25, 0.3) is 0 Å². The van der Waals surface area contributed by atoms with Gasteiger partial charge in [0.2, 0.25) is 0 Å². The zero-order valence-electron chi connectivity index (χ0n) is 9.14. The molecule has 0 aliphatic rings. The highest BCUT2D eigenvalue weighted by molar-refractivity contribution is 5.90. The van der Waals surface area contributed by atoms with Crippen molar-refractivity contribution in [2.24, 2.45) is 0 Å². The number of carbonyl (C=O) groups excluding carboxylic acids is 1. The summed E-state index contributed by atoms with van der Waals surface area (Å²) in [6, 6.07) is 5.74. The first-order valence-electron chi connectivity index (χ1n) is 4.94. The van der Waals surface area contributed by atoms with Crippen molar-refractivity contribution < 1.29 is 4.79 Å². The Labute approximate surface area is 93.4 Å². The van der Waals surface area contributed by atoms with E-state index < -0.39 is 0 Å². The van der Waals surface area contributed by atoms with Crippen LogP contribution in [0, 0.1) is 6.92 Å². The molecule has 0 aliphatic heterocycles. The lowest BCUT2D eigenvalue weighted by atomic mass is 10.2. The molecule has 2 aromatic heterocycles. The van der Waals surface area contributed by atoms with Crippen molar-refractivity contribution in [3.63, 3.8) is 0 Å². The van der Waals surface area contributed by atoms with E-state index in [9.17, 15) is 4.79 Å². The van der Waals surface area contributed by atoms with Gasteiger partial charge < -0.3 is 0 Å². The first-order chi connectivity index (χ1) is 7.66. The molecular formula is C12H11N3O. The number of ketones is 1.